The molecule has 0 radical (unpaired) electrons. The van der Waals surface area contributed by atoms with E-state index in [1.807, 2.05) is 13.1 Å². The van der Waals surface area contributed by atoms with Gasteiger partial charge in [0, 0.05) is 19.2 Å². The molecule has 38 heavy (non-hydrogen) atoms. The molecule has 196 valence electrons. The Morgan fingerprint density at radius 3 is 2.61 bits per heavy atom. The summed E-state index contributed by atoms with van der Waals surface area (Å²) in [6, 6.07) is 8.52. The number of rotatable bonds is 6. The molecule has 3 aromatic heterocycles. The predicted octanol–water partition coefficient (Wildman–Crippen LogP) is 4.34. The number of aryl methyl sites for hydroxylation is 1. The van der Waals surface area contributed by atoms with Crippen molar-refractivity contribution in [3.05, 3.63) is 83.7 Å². The Morgan fingerprint density at radius 1 is 1.16 bits per heavy atom. The Bertz CT molecular complexity index is 1590. The van der Waals surface area contributed by atoms with Crippen LogP contribution in [0.2, 0.25) is 0 Å². The number of aromatic nitrogens is 5. The van der Waals surface area contributed by atoms with Crippen LogP contribution in [0, 0.1) is 0 Å². The van der Waals surface area contributed by atoms with Crippen LogP contribution in [0.25, 0.3) is 34.1 Å². The van der Waals surface area contributed by atoms with Crippen molar-refractivity contribution in [1.82, 2.24) is 28.8 Å². The molecular formula is C27H25F3N6O2. The summed E-state index contributed by atoms with van der Waals surface area (Å²) in [6.07, 6.45) is 4.19. The van der Waals surface area contributed by atoms with Crippen molar-refractivity contribution >= 4 is 23.0 Å². The average molecular weight is 523 g/mol. The molecule has 1 aliphatic heterocycles. The number of hydrogen-bond donors (Lipinski definition) is 0. The molecule has 0 saturated carbocycles. The normalized spacial score (nSPS) is 16.1. The number of benzene rings is 1. The largest absolute Gasteiger partial charge is 0.408 e. The van der Waals surface area contributed by atoms with Gasteiger partial charge in [0.15, 0.2) is 0 Å². The molecule has 0 spiro atoms. The summed E-state index contributed by atoms with van der Waals surface area (Å²) in [4.78, 5) is 31.8. The number of allylic oxidation sites excluding steroid dienone is 2. The highest BCUT2D eigenvalue weighted by molar-refractivity contribution is 5.82. The molecule has 5 rings (SSSR count). The van der Waals surface area contributed by atoms with Crippen LogP contribution in [-0.2, 0) is 18.4 Å². The minimum Gasteiger partial charge on any atom is -0.329 e. The first kappa shape index (κ1) is 25.2. The number of imidazole rings is 1. The SMILES string of the molecule is C=C/C=C\c1c(-c2ccc(-n3c(=O)n(CC(=O)N4CCCC4C(F)(F)F)c4ccccc43)cn2)cnn1C. The van der Waals surface area contributed by atoms with Crippen molar-refractivity contribution in [2.75, 3.05) is 6.54 Å². The second-order valence-electron chi connectivity index (χ2n) is 9.04. The molecule has 1 fully saturated rings. The van der Waals surface area contributed by atoms with Crippen molar-refractivity contribution < 1.29 is 18.0 Å². The smallest absolute Gasteiger partial charge is 0.329 e. The number of pyridine rings is 1. The Hall–Kier alpha value is -4.41. The number of hydrogen-bond acceptors (Lipinski definition) is 4. The van der Waals surface area contributed by atoms with Crippen LogP contribution in [0.4, 0.5) is 13.2 Å². The van der Waals surface area contributed by atoms with Gasteiger partial charge in [-0.25, -0.2) is 4.79 Å². The number of halogens is 3. The first-order valence-corrected chi connectivity index (χ1v) is 12.0. The number of amides is 1. The molecule has 0 N–H and O–H groups in total. The van der Waals surface area contributed by atoms with Crippen LogP contribution in [-0.4, -0.2) is 53.5 Å². The Labute approximate surface area is 215 Å². The van der Waals surface area contributed by atoms with Crippen molar-refractivity contribution in [3.8, 4) is 16.9 Å². The molecule has 1 saturated heterocycles. The summed E-state index contributed by atoms with van der Waals surface area (Å²) in [5.74, 6) is -0.736. The lowest BCUT2D eigenvalue weighted by Crippen LogP contribution is -2.46. The van der Waals surface area contributed by atoms with Crippen molar-refractivity contribution in [3.63, 3.8) is 0 Å². The molecule has 4 heterocycles. The standard InChI is InChI=1S/C27H25F3N6O2/c1-3-4-8-21-19(16-32-33(21)2)20-13-12-18(15-31-20)36-23-10-6-5-9-22(23)35(26(36)38)17-25(37)34-14-7-11-24(34)27(28,29)30/h3-6,8-10,12-13,15-16,24H,1,7,11,14,17H2,2H3/b8-4-. The van der Waals surface area contributed by atoms with Crippen LogP contribution in [0.15, 0.2) is 72.3 Å². The van der Waals surface area contributed by atoms with Gasteiger partial charge in [0.1, 0.15) is 12.6 Å². The minimum absolute atomic E-state index is 0.0140. The van der Waals surface area contributed by atoms with E-state index in [1.54, 1.807) is 65.6 Å². The number of alkyl halides is 3. The second-order valence-corrected chi connectivity index (χ2v) is 9.04. The Morgan fingerprint density at radius 2 is 1.92 bits per heavy atom. The third kappa shape index (κ3) is 4.44. The van der Waals surface area contributed by atoms with Gasteiger partial charge < -0.3 is 4.90 Å². The first-order chi connectivity index (χ1) is 18.2. The Balaban J connectivity index is 1.51. The number of fused-ring (bicyclic) bond motifs is 1. The van der Waals surface area contributed by atoms with Gasteiger partial charge >= 0.3 is 11.9 Å². The average Bonchev–Trinajstić information content (AvgIpc) is 3.60. The molecule has 0 bridgehead atoms. The number of para-hydroxylation sites is 2. The van der Waals surface area contributed by atoms with E-state index in [2.05, 4.69) is 16.7 Å². The zero-order valence-electron chi connectivity index (χ0n) is 20.6. The van der Waals surface area contributed by atoms with E-state index < -0.39 is 30.4 Å². The molecular weight excluding hydrogens is 497 g/mol. The number of carbonyl (C=O) groups is 1. The summed E-state index contributed by atoms with van der Waals surface area (Å²) in [5, 5.41) is 4.29. The summed E-state index contributed by atoms with van der Waals surface area (Å²) >= 11 is 0. The number of carbonyl (C=O) groups excluding carboxylic acids is 1. The van der Waals surface area contributed by atoms with Crippen LogP contribution in [0.1, 0.15) is 18.5 Å². The molecule has 1 unspecified atom stereocenters. The molecule has 11 heteroatoms. The molecule has 1 amide bonds. The Kier molecular flexibility index (Phi) is 6.52. The topological polar surface area (TPSA) is 78.0 Å². The van der Waals surface area contributed by atoms with Gasteiger partial charge in [0.2, 0.25) is 5.91 Å². The first-order valence-electron chi connectivity index (χ1n) is 12.0. The second kappa shape index (κ2) is 9.81. The lowest BCUT2D eigenvalue weighted by atomic mass is 10.1. The van der Waals surface area contributed by atoms with E-state index in [1.165, 1.54) is 9.13 Å². The van der Waals surface area contributed by atoms with Crippen LogP contribution in [0.5, 0.6) is 0 Å². The fourth-order valence-corrected chi connectivity index (χ4v) is 4.92. The fourth-order valence-electron chi connectivity index (χ4n) is 4.92. The summed E-state index contributed by atoms with van der Waals surface area (Å²) < 4.78 is 44.6. The van der Waals surface area contributed by atoms with E-state index in [0.29, 0.717) is 22.4 Å². The van der Waals surface area contributed by atoms with Gasteiger partial charge in [-0.05, 0) is 43.2 Å². The molecule has 1 aromatic carbocycles. The van der Waals surface area contributed by atoms with E-state index in [4.69, 9.17) is 0 Å². The maximum Gasteiger partial charge on any atom is 0.408 e. The fraction of sp³-hybridized carbons (Fsp3) is 0.259. The summed E-state index contributed by atoms with van der Waals surface area (Å²) in [6.45, 7) is 3.21. The van der Waals surface area contributed by atoms with Gasteiger partial charge in [-0.2, -0.15) is 18.3 Å². The molecule has 1 atom stereocenters. The summed E-state index contributed by atoms with van der Waals surface area (Å²) in [5.41, 5.74) is 3.16. The third-order valence-corrected chi connectivity index (χ3v) is 6.74. The lowest BCUT2D eigenvalue weighted by Gasteiger charge is -2.26. The van der Waals surface area contributed by atoms with Gasteiger partial charge in [0.05, 0.1) is 40.5 Å². The zero-order valence-corrected chi connectivity index (χ0v) is 20.6. The van der Waals surface area contributed by atoms with E-state index in [9.17, 15) is 22.8 Å². The van der Waals surface area contributed by atoms with Gasteiger partial charge in [-0.15, -0.1) is 0 Å². The zero-order chi connectivity index (χ0) is 27.0. The lowest BCUT2D eigenvalue weighted by molar-refractivity contribution is -0.182. The minimum atomic E-state index is -4.51. The van der Waals surface area contributed by atoms with Crippen molar-refractivity contribution in [2.45, 2.75) is 31.6 Å². The summed E-state index contributed by atoms with van der Waals surface area (Å²) in [7, 11) is 1.81. The van der Waals surface area contributed by atoms with E-state index in [0.717, 1.165) is 16.2 Å². The quantitative estimate of drug-likeness (QED) is 0.353. The van der Waals surface area contributed by atoms with Crippen molar-refractivity contribution in [1.29, 1.82) is 0 Å². The van der Waals surface area contributed by atoms with Crippen molar-refractivity contribution in [2.24, 2.45) is 7.05 Å². The highest BCUT2D eigenvalue weighted by Crippen LogP contribution is 2.33. The maximum absolute atomic E-state index is 13.5. The van der Waals surface area contributed by atoms with E-state index in [-0.39, 0.29) is 19.4 Å². The predicted molar refractivity (Wildman–Crippen MR) is 138 cm³/mol. The molecule has 4 aromatic rings. The maximum atomic E-state index is 13.5. The van der Waals surface area contributed by atoms with Gasteiger partial charge in [0.25, 0.3) is 0 Å². The number of likely N-dealkylation sites (tertiary alicyclic amines) is 1. The van der Waals surface area contributed by atoms with Crippen LogP contribution < -0.4 is 5.69 Å². The number of nitrogens with zero attached hydrogens (tertiary/aromatic N) is 6. The highest BCUT2D eigenvalue weighted by Gasteiger charge is 2.47. The van der Waals surface area contributed by atoms with Crippen LogP contribution in [0.3, 0.4) is 0 Å². The van der Waals surface area contributed by atoms with Crippen LogP contribution >= 0.6 is 0 Å². The van der Waals surface area contributed by atoms with Gasteiger partial charge in [-0.1, -0.05) is 30.9 Å². The van der Waals surface area contributed by atoms with Gasteiger partial charge in [-0.3, -0.25) is 23.6 Å². The molecule has 8 nitrogen and oxygen atoms in total. The third-order valence-electron chi connectivity index (χ3n) is 6.74. The van der Waals surface area contributed by atoms with E-state index >= 15 is 0 Å². The molecule has 0 aliphatic carbocycles. The monoisotopic (exact) mass is 522 g/mol. The highest BCUT2D eigenvalue weighted by atomic mass is 19.4. The molecule has 1 aliphatic rings.